The highest BCUT2D eigenvalue weighted by Crippen LogP contribution is 2.30. The van der Waals surface area contributed by atoms with Crippen molar-refractivity contribution in [1.29, 1.82) is 0 Å². The fourth-order valence-electron chi connectivity index (χ4n) is 2.04. The lowest BCUT2D eigenvalue weighted by atomic mass is 9.79. The van der Waals surface area contributed by atoms with Crippen LogP contribution in [-0.2, 0) is 4.74 Å². The number of hydrogen-bond acceptors (Lipinski definition) is 1. The first-order valence-electron chi connectivity index (χ1n) is 4.87. The lowest BCUT2D eigenvalue weighted by Gasteiger charge is -2.34. The Labute approximate surface area is 70.1 Å². The summed E-state index contributed by atoms with van der Waals surface area (Å²) in [6.07, 6.45) is 2.55. The lowest BCUT2D eigenvalue weighted by molar-refractivity contribution is -0.0250. The molecule has 2 atom stereocenters. The molecule has 0 aliphatic carbocycles. The van der Waals surface area contributed by atoms with E-state index in [9.17, 15) is 0 Å². The molecule has 2 unspecified atom stereocenters. The third kappa shape index (κ3) is 1.96. The second-order valence-corrected chi connectivity index (χ2v) is 3.73. The first kappa shape index (κ1) is 9.05. The van der Waals surface area contributed by atoms with Gasteiger partial charge in [0.2, 0.25) is 0 Å². The maximum absolute atomic E-state index is 5.55. The quantitative estimate of drug-likeness (QED) is 0.597. The second-order valence-electron chi connectivity index (χ2n) is 3.73. The van der Waals surface area contributed by atoms with Crippen molar-refractivity contribution in [3.8, 4) is 0 Å². The maximum Gasteiger partial charge on any atom is 0.0496 e. The molecule has 1 saturated heterocycles. The highest BCUT2D eigenvalue weighted by Gasteiger charge is 2.27. The molecule has 1 heteroatoms. The van der Waals surface area contributed by atoms with Gasteiger partial charge in [0.15, 0.2) is 0 Å². The molecule has 1 aliphatic rings. The first-order chi connectivity index (χ1) is 5.29. The summed E-state index contributed by atoms with van der Waals surface area (Å²) in [7, 11) is 0. The third-order valence-electron chi connectivity index (χ3n) is 3.20. The highest BCUT2D eigenvalue weighted by atomic mass is 16.5. The zero-order chi connectivity index (χ0) is 8.27. The molecule has 1 nitrogen and oxygen atoms in total. The average Bonchev–Trinajstić information content (AvgIpc) is 2.05. The van der Waals surface area contributed by atoms with Crippen LogP contribution in [0.3, 0.4) is 0 Å². The van der Waals surface area contributed by atoms with Crippen LogP contribution in [-0.4, -0.2) is 13.2 Å². The maximum atomic E-state index is 5.55. The van der Waals surface area contributed by atoms with Gasteiger partial charge in [0.05, 0.1) is 0 Å². The molecule has 0 saturated carbocycles. The second kappa shape index (κ2) is 4.10. The molecular formula is C10H20O. The van der Waals surface area contributed by atoms with Crippen LogP contribution in [0.4, 0.5) is 0 Å². The van der Waals surface area contributed by atoms with E-state index in [1.165, 1.54) is 12.8 Å². The van der Waals surface area contributed by atoms with Crippen LogP contribution in [0, 0.1) is 17.8 Å². The third-order valence-corrected chi connectivity index (χ3v) is 3.20. The monoisotopic (exact) mass is 156 g/mol. The summed E-state index contributed by atoms with van der Waals surface area (Å²) < 4.78 is 5.55. The predicted octanol–water partition coefficient (Wildman–Crippen LogP) is 2.71. The van der Waals surface area contributed by atoms with Crippen LogP contribution < -0.4 is 0 Å². The molecule has 0 radical (unpaired) electrons. The van der Waals surface area contributed by atoms with Crippen molar-refractivity contribution in [3.63, 3.8) is 0 Å². The Balaban J connectivity index is 2.45. The van der Waals surface area contributed by atoms with Crippen LogP contribution in [0.15, 0.2) is 0 Å². The fraction of sp³-hybridized carbons (Fsp3) is 1.00. The van der Waals surface area contributed by atoms with Gasteiger partial charge in [-0.25, -0.2) is 0 Å². The normalized spacial score (nSPS) is 39.0. The number of ether oxygens (including phenoxy) is 1. The van der Waals surface area contributed by atoms with Gasteiger partial charge >= 0.3 is 0 Å². The largest absolute Gasteiger partial charge is 0.381 e. The molecule has 0 aromatic rings. The van der Waals surface area contributed by atoms with Gasteiger partial charge in [-0.3, -0.25) is 0 Å². The molecule has 1 heterocycles. The topological polar surface area (TPSA) is 9.23 Å². The van der Waals surface area contributed by atoms with E-state index >= 15 is 0 Å². The molecular weight excluding hydrogens is 136 g/mol. The van der Waals surface area contributed by atoms with Gasteiger partial charge in [0.1, 0.15) is 0 Å². The zero-order valence-corrected chi connectivity index (χ0v) is 7.97. The van der Waals surface area contributed by atoms with Gasteiger partial charge in [-0.15, -0.1) is 0 Å². The van der Waals surface area contributed by atoms with Crippen molar-refractivity contribution in [2.75, 3.05) is 13.2 Å². The first-order valence-corrected chi connectivity index (χ1v) is 4.87. The Morgan fingerprint density at radius 1 is 1.09 bits per heavy atom. The van der Waals surface area contributed by atoms with Crippen LogP contribution in [0.1, 0.15) is 33.6 Å². The minimum atomic E-state index is 0.814. The molecule has 0 amide bonds. The Kier molecular flexibility index (Phi) is 3.38. The molecule has 66 valence electrons. The summed E-state index contributed by atoms with van der Waals surface area (Å²) >= 11 is 0. The van der Waals surface area contributed by atoms with Crippen molar-refractivity contribution in [3.05, 3.63) is 0 Å². The van der Waals surface area contributed by atoms with Crippen molar-refractivity contribution < 1.29 is 4.74 Å². The van der Waals surface area contributed by atoms with Gasteiger partial charge in [0, 0.05) is 13.2 Å². The Morgan fingerprint density at radius 3 is 1.91 bits per heavy atom. The van der Waals surface area contributed by atoms with E-state index in [1.807, 2.05) is 0 Å². The standard InChI is InChI=1S/C10H20O/c1-4-9-6-11-7-10(5-2)8(9)3/h8-10H,4-7H2,1-3H3. The van der Waals surface area contributed by atoms with Crippen LogP contribution >= 0.6 is 0 Å². The van der Waals surface area contributed by atoms with E-state index in [0.29, 0.717) is 0 Å². The molecule has 1 aliphatic heterocycles. The average molecular weight is 156 g/mol. The summed E-state index contributed by atoms with van der Waals surface area (Å²) in [6, 6.07) is 0. The predicted molar refractivity (Wildman–Crippen MR) is 47.5 cm³/mol. The van der Waals surface area contributed by atoms with E-state index in [2.05, 4.69) is 20.8 Å². The molecule has 0 aromatic carbocycles. The van der Waals surface area contributed by atoms with Crippen molar-refractivity contribution >= 4 is 0 Å². The van der Waals surface area contributed by atoms with Gasteiger partial charge in [0.25, 0.3) is 0 Å². The Morgan fingerprint density at radius 2 is 1.55 bits per heavy atom. The smallest absolute Gasteiger partial charge is 0.0496 e. The molecule has 0 bridgehead atoms. The van der Waals surface area contributed by atoms with Gasteiger partial charge < -0.3 is 4.74 Å². The summed E-state index contributed by atoms with van der Waals surface area (Å²) in [6.45, 7) is 8.90. The van der Waals surface area contributed by atoms with Crippen molar-refractivity contribution in [2.24, 2.45) is 17.8 Å². The highest BCUT2D eigenvalue weighted by molar-refractivity contribution is 4.75. The van der Waals surface area contributed by atoms with Gasteiger partial charge in [-0.2, -0.15) is 0 Å². The summed E-state index contributed by atoms with van der Waals surface area (Å²) in [5, 5.41) is 0. The minimum Gasteiger partial charge on any atom is -0.381 e. The molecule has 0 aromatic heterocycles. The molecule has 11 heavy (non-hydrogen) atoms. The van der Waals surface area contributed by atoms with E-state index < -0.39 is 0 Å². The van der Waals surface area contributed by atoms with Crippen molar-refractivity contribution in [1.82, 2.24) is 0 Å². The molecule has 0 spiro atoms. The van der Waals surface area contributed by atoms with Crippen LogP contribution in [0.5, 0.6) is 0 Å². The van der Waals surface area contributed by atoms with E-state index in [0.717, 1.165) is 31.0 Å². The Bertz CT molecular complexity index is 99.4. The van der Waals surface area contributed by atoms with E-state index in [-0.39, 0.29) is 0 Å². The number of hydrogen-bond donors (Lipinski definition) is 0. The molecule has 1 fully saturated rings. The van der Waals surface area contributed by atoms with Crippen molar-refractivity contribution in [2.45, 2.75) is 33.6 Å². The van der Waals surface area contributed by atoms with Crippen LogP contribution in [0.25, 0.3) is 0 Å². The molecule has 0 N–H and O–H groups in total. The SMILES string of the molecule is CCC1COCC(CC)C1C. The van der Waals surface area contributed by atoms with Gasteiger partial charge in [-0.05, 0) is 17.8 Å². The summed E-state index contributed by atoms with van der Waals surface area (Å²) in [4.78, 5) is 0. The van der Waals surface area contributed by atoms with Crippen LogP contribution in [0.2, 0.25) is 0 Å². The Hall–Kier alpha value is -0.0400. The van der Waals surface area contributed by atoms with E-state index in [1.54, 1.807) is 0 Å². The number of rotatable bonds is 2. The lowest BCUT2D eigenvalue weighted by Crippen LogP contribution is -2.33. The van der Waals surface area contributed by atoms with Gasteiger partial charge in [-0.1, -0.05) is 33.6 Å². The summed E-state index contributed by atoms with van der Waals surface area (Å²) in [5.41, 5.74) is 0. The molecule has 1 rings (SSSR count). The fourth-order valence-corrected chi connectivity index (χ4v) is 2.04. The minimum absolute atomic E-state index is 0.814. The zero-order valence-electron chi connectivity index (χ0n) is 7.97. The summed E-state index contributed by atoms with van der Waals surface area (Å²) in [5.74, 6) is 2.50. The van der Waals surface area contributed by atoms with E-state index in [4.69, 9.17) is 4.74 Å².